The number of aromatic nitrogens is 2. The molecule has 1 amide bonds. The van der Waals surface area contributed by atoms with E-state index in [4.69, 9.17) is 4.42 Å². The van der Waals surface area contributed by atoms with Crippen LogP contribution in [0.25, 0.3) is 11.6 Å². The van der Waals surface area contributed by atoms with Crippen LogP contribution >= 0.6 is 11.8 Å². The number of rotatable bonds is 6. The number of nitrogens with zero attached hydrogens (tertiary/aromatic N) is 2. The molecule has 0 aliphatic rings. The van der Waals surface area contributed by atoms with Crippen molar-refractivity contribution in [3.8, 4) is 11.6 Å². The minimum absolute atomic E-state index is 0.0334. The molecule has 0 aliphatic carbocycles. The van der Waals surface area contributed by atoms with Crippen molar-refractivity contribution in [1.82, 2.24) is 9.97 Å². The molecule has 1 N–H and O–H groups in total. The normalized spacial score (nSPS) is 10.6. The van der Waals surface area contributed by atoms with Crippen LogP contribution in [0.2, 0.25) is 0 Å². The molecule has 1 aromatic carbocycles. The van der Waals surface area contributed by atoms with Crippen molar-refractivity contribution in [3.05, 3.63) is 59.7 Å². The number of nitrogens with one attached hydrogen (secondary N) is 1. The summed E-state index contributed by atoms with van der Waals surface area (Å²) in [6, 6.07) is 8.92. The number of thioether (sulfide) groups is 1. The Kier molecular flexibility index (Phi) is 5.66. The second kappa shape index (κ2) is 8.13. The fourth-order valence-electron chi connectivity index (χ4n) is 2.44. The van der Waals surface area contributed by atoms with Crippen LogP contribution < -0.4 is 5.32 Å². The van der Waals surface area contributed by atoms with Gasteiger partial charge in [0.2, 0.25) is 5.91 Å². The lowest BCUT2D eigenvalue weighted by Crippen LogP contribution is -2.15. The molecule has 3 rings (SSSR count). The van der Waals surface area contributed by atoms with Crippen LogP contribution in [0.1, 0.15) is 23.0 Å². The molecule has 138 valence electrons. The third-order valence-electron chi connectivity index (χ3n) is 3.62. The van der Waals surface area contributed by atoms with Gasteiger partial charge in [0.15, 0.2) is 17.4 Å². The van der Waals surface area contributed by atoms with Crippen molar-refractivity contribution < 1.29 is 18.4 Å². The number of carbonyl (C=O) groups is 2. The molecule has 0 fully saturated rings. The Bertz CT molecular complexity index is 973. The number of aryl methyl sites for hydroxylation is 1. The van der Waals surface area contributed by atoms with Crippen molar-refractivity contribution in [3.63, 3.8) is 0 Å². The van der Waals surface area contributed by atoms with E-state index < -0.39 is 0 Å². The van der Waals surface area contributed by atoms with Crippen LogP contribution in [-0.4, -0.2) is 27.4 Å². The Labute approximate surface area is 159 Å². The van der Waals surface area contributed by atoms with Crippen LogP contribution in [0.15, 0.2) is 52.1 Å². The summed E-state index contributed by atoms with van der Waals surface area (Å²) in [5.74, 6) is 0.00752. The minimum atomic E-state index is -0.379. The number of halogens is 1. The van der Waals surface area contributed by atoms with Gasteiger partial charge in [-0.1, -0.05) is 11.8 Å². The van der Waals surface area contributed by atoms with Gasteiger partial charge in [0.05, 0.1) is 23.3 Å². The van der Waals surface area contributed by atoms with Gasteiger partial charge < -0.3 is 9.73 Å². The van der Waals surface area contributed by atoms with E-state index in [1.165, 1.54) is 37.5 Å². The second-order valence-electron chi connectivity index (χ2n) is 5.69. The number of benzene rings is 1. The van der Waals surface area contributed by atoms with Crippen LogP contribution in [0, 0.1) is 12.7 Å². The van der Waals surface area contributed by atoms with Gasteiger partial charge in [-0.05, 0) is 50.2 Å². The number of hydrogen-bond acceptors (Lipinski definition) is 6. The summed E-state index contributed by atoms with van der Waals surface area (Å²) in [6.07, 6.45) is 1.51. The number of carbonyl (C=O) groups excluding carboxylic acids is 2. The largest absolute Gasteiger partial charge is 0.461 e. The number of Topliss-reactive ketones (excluding diaryl/α,β-unsaturated/α-hetero) is 1. The van der Waals surface area contributed by atoms with Crippen LogP contribution in [-0.2, 0) is 4.79 Å². The molecule has 2 heterocycles. The quantitative estimate of drug-likeness (QED) is 0.390. The van der Waals surface area contributed by atoms with Gasteiger partial charge >= 0.3 is 0 Å². The summed E-state index contributed by atoms with van der Waals surface area (Å²) in [7, 11) is 0. The molecule has 0 spiro atoms. The summed E-state index contributed by atoms with van der Waals surface area (Å²) in [5, 5.41) is 3.08. The summed E-state index contributed by atoms with van der Waals surface area (Å²) in [4.78, 5) is 32.9. The Morgan fingerprint density at radius 3 is 2.56 bits per heavy atom. The van der Waals surface area contributed by atoms with Gasteiger partial charge in [-0.15, -0.1) is 0 Å². The first-order valence-electron chi connectivity index (χ1n) is 8.05. The summed E-state index contributed by atoms with van der Waals surface area (Å²) in [6.45, 7) is 3.15. The molecule has 2 aromatic heterocycles. The summed E-state index contributed by atoms with van der Waals surface area (Å²) < 4.78 is 18.3. The van der Waals surface area contributed by atoms with E-state index >= 15 is 0 Å². The first-order chi connectivity index (χ1) is 12.9. The molecule has 3 aromatic rings. The maximum Gasteiger partial charge on any atom is 0.234 e. The molecule has 0 atom stereocenters. The van der Waals surface area contributed by atoms with Crippen LogP contribution in [0.4, 0.5) is 10.1 Å². The molecular weight excluding hydrogens is 369 g/mol. The van der Waals surface area contributed by atoms with E-state index in [1.54, 1.807) is 19.1 Å². The topological polar surface area (TPSA) is 85.1 Å². The standard InChI is InChI=1S/C19H16FN3O3S/c1-11-17(12(2)24)19(23-18(21-11)15-4-3-9-26-15)27-10-16(25)22-14-7-5-13(20)6-8-14/h3-9H,10H2,1-2H3,(H,22,25). The zero-order chi connectivity index (χ0) is 19.4. The Hall–Kier alpha value is -3.00. The van der Waals surface area contributed by atoms with E-state index in [0.29, 0.717) is 33.6 Å². The zero-order valence-corrected chi connectivity index (χ0v) is 15.5. The van der Waals surface area contributed by atoms with Crippen LogP contribution in [0.3, 0.4) is 0 Å². The smallest absolute Gasteiger partial charge is 0.234 e. The highest BCUT2D eigenvalue weighted by Gasteiger charge is 2.19. The highest BCUT2D eigenvalue weighted by molar-refractivity contribution is 8.00. The Morgan fingerprint density at radius 2 is 1.93 bits per heavy atom. The predicted molar refractivity (Wildman–Crippen MR) is 100 cm³/mol. The number of furan rings is 1. The number of amides is 1. The average Bonchev–Trinajstić information content (AvgIpc) is 3.16. The average molecular weight is 385 g/mol. The SMILES string of the molecule is CC(=O)c1c(C)nc(-c2ccco2)nc1SCC(=O)Nc1ccc(F)cc1. The lowest BCUT2D eigenvalue weighted by Gasteiger charge is -2.10. The first-order valence-corrected chi connectivity index (χ1v) is 9.04. The Morgan fingerprint density at radius 1 is 1.19 bits per heavy atom. The van der Waals surface area contributed by atoms with Gasteiger partial charge in [-0.2, -0.15) is 0 Å². The van der Waals surface area contributed by atoms with Crippen molar-refractivity contribution in [2.45, 2.75) is 18.9 Å². The molecule has 0 saturated carbocycles. The van der Waals surface area contributed by atoms with E-state index in [2.05, 4.69) is 15.3 Å². The molecule has 0 bridgehead atoms. The molecule has 8 heteroatoms. The van der Waals surface area contributed by atoms with Crippen molar-refractivity contribution in [2.24, 2.45) is 0 Å². The summed E-state index contributed by atoms with van der Waals surface area (Å²) in [5.41, 5.74) is 1.39. The van der Waals surface area contributed by atoms with E-state index in [-0.39, 0.29) is 23.3 Å². The third-order valence-corrected chi connectivity index (χ3v) is 4.59. The number of hydrogen-bond donors (Lipinski definition) is 1. The molecular formula is C19H16FN3O3S. The molecule has 0 unspecified atom stereocenters. The van der Waals surface area contributed by atoms with Crippen LogP contribution in [0.5, 0.6) is 0 Å². The van der Waals surface area contributed by atoms with Gasteiger partial charge in [0, 0.05) is 5.69 Å². The number of anilines is 1. The lowest BCUT2D eigenvalue weighted by molar-refractivity contribution is -0.113. The lowest BCUT2D eigenvalue weighted by atomic mass is 10.2. The van der Waals surface area contributed by atoms with E-state index in [1.807, 2.05) is 0 Å². The van der Waals surface area contributed by atoms with Crippen molar-refractivity contribution in [2.75, 3.05) is 11.1 Å². The fourth-order valence-corrected chi connectivity index (χ4v) is 3.36. The van der Waals surface area contributed by atoms with Gasteiger partial charge in [-0.3, -0.25) is 9.59 Å². The molecule has 6 nitrogen and oxygen atoms in total. The molecule has 0 aliphatic heterocycles. The Balaban J connectivity index is 1.79. The van der Waals surface area contributed by atoms with E-state index in [0.717, 1.165) is 11.8 Å². The third kappa shape index (κ3) is 4.59. The highest BCUT2D eigenvalue weighted by atomic mass is 32.2. The highest BCUT2D eigenvalue weighted by Crippen LogP contribution is 2.27. The predicted octanol–water partition coefficient (Wildman–Crippen LogP) is 4.12. The fraction of sp³-hybridized carbons (Fsp3) is 0.158. The maximum absolute atomic E-state index is 12.9. The monoisotopic (exact) mass is 385 g/mol. The van der Waals surface area contributed by atoms with Crippen molar-refractivity contribution in [1.29, 1.82) is 0 Å². The molecule has 27 heavy (non-hydrogen) atoms. The van der Waals surface area contributed by atoms with E-state index in [9.17, 15) is 14.0 Å². The zero-order valence-electron chi connectivity index (χ0n) is 14.7. The maximum atomic E-state index is 12.9. The van der Waals surface area contributed by atoms with Crippen molar-refractivity contribution >= 4 is 29.1 Å². The van der Waals surface area contributed by atoms with Gasteiger partial charge in [-0.25, -0.2) is 14.4 Å². The summed E-state index contributed by atoms with van der Waals surface area (Å²) >= 11 is 1.13. The second-order valence-corrected chi connectivity index (χ2v) is 6.65. The number of ketones is 1. The molecule has 0 radical (unpaired) electrons. The minimum Gasteiger partial charge on any atom is -0.461 e. The molecule has 0 saturated heterocycles. The van der Waals surface area contributed by atoms with Gasteiger partial charge in [0.1, 0.15) is 10.8 Å². The first kappa shape index (κ1) is 18.8. The van der Waals surface area contributed by atoms with Gasteiger partial charge in [0.25, 0.3) is 0 Å².